The number of amides is 4. The van der Waals surface area contributed by atoms with Crippen LogP contribution in [-0.4, -0.2) is 84.1 Å². The first-order valence-corrected chi connectivity index (χ1v) is 12.5. The molecule has 2 N–H and O–H groups in total. The molecular weight excluding hydrogens is 458 g/mol. The summed E-state index contributed by atoms with van der Waals surface area (Å²) in [5.41, 5.74) is 2.63. The van der Waals surface area contributed by atoms with Crippen molar-refractivity contribution in [2.24, 2.45) is 0 Å². The normalized spacial score (nSPS) is 19.1. The second-order valence-electron chi connectivity index (χ2n) is 10.2. The van der Waals surface area contributed by atoms with Crippen LogP contribution >= 0.6 is 0 Å². The van der Waals surface area contributed by atoms with Crippen LogP contribution < -0.4 is 10.6 Å². The zero-order valence-corrected chi connectivity index (χ0v) is 22.1. The van der Waals surface area contributed by atoms with Crippen LogP contribution in [0.1, 0.15) is 44.9 Å². The number of ether oxygens (including phenoxy) is 1. The molecule has 2 heterocycles. The van der Waals surface area contributed by atoms with Gasteiger partial charge in [0.2, 0.25) is 0 Å². The van der Waals surface area contributed by atoms with Crippen molar-refractivity contribution in [2.75, 3.05) is 45.9 Å². The minimum Gasteiger partial charge on any atom is -0.463 e. The largest absolute Gasteiger partial charge is 0.463 e. The fourth-order valence-electron chi connectivity index (χ4n) is 4.38. The summed E-state index contributed by atoms with van der Waals surface area (Å²) < 4.78 is 5.45. The molecule has 1 atom stereocenters. The summed E-state index contributed by atoms with van der Waals surface area (Å²) >= 11 is 0. The highest BCUT2D eigenvalue weighted by Gasteiger charge is 2.39. The molecule has 0 bridgehead atoms. The quantitative estimate of drug-likeness (QED) is 0.446. The number of hydrogen-bond acceptors (Lipinski definition) is 5. The number of nitrogens with one attached hydrogen (secondary N) is 2. The Morgan fingerprint density at radius 2 is 1.81 bits per heavy atom. The predicted octanol–water partition coefficient (Wildman–Crippen LogP) is 3.19. The maximum Gasteiger partial charge on any atom is 0.338 e. The summed E-state index contributed by atoms with van der Waals surface area (Å²) in [5, 5.41) is 5.99. The van der Waals surface area contributed by atoms with E-state index in [2.05, 4.69) is 22.1 Å². The van der Waals surface area contributed by atoms with Gasteiger partial charge in [-0.15, -0.1) is 6.58 Å². The van der Waals surface area contributed by atoms with Gasteiger partial charge in [-0.05, 0) is 40.2 Å². The molecule has 9 heteroatoms. The zero-order chi connectivity index (χ0) is 26.5. The van der Waals surface area contributed by atoms with E-state index in [1.807, 2.05) is 52.0 Å². The average molecular weight is 498 g/mol. The number of carbonyl (C=O) groups excluding carboxylic acids is 3. The van der Waals surface area contributed by atoms with E-state index in [0.717, 1.165) is 11.1 Å². The molecule has 1 aromatic rings. The van der Waals surface area contributed by atoms with E-state index in [9.17, 15) is 14.4 Å². The highest BCUT2D eigenvalue weighted by atomic mass is 16.5. The molecule has 1 saturated heterocycles. The number of piperazine rings is 1. The van der Waals surface area contributed by atoms with Crippen molar-refractivity contribution in [3.05, 3.63) is 59.3 Å². The lowest BCUT2D eigenvalue weighted by Gasteiger charge is -2.40. The summed E-state index contributed by atoms with van der Waals surface area (Å²) in [6, 6.07) is 6.78. The number of benzene rings is 1. The molecule has 0 saturated carbocycles. The minimum absolute atomic E-state index is 0.0849. The molecule has 0 spiro atoms. The average Bonchev–Trinajstić information content (AvgIpc) is 2.81. The lowest BCUT2D eigenvalue weighted by Crippen LogP contribution is -2.56. The Labute approximate surface area is 214 Å². The van der Waals surface area contributed by atoms with Gasteiger partial charge in [0, 0.05) is 50.5 Å². The number of hydrogen-bond donors (Lipinski definition) is 2. The molecule has 4 amide bonds. The topological polar surface area (TPSA) is 94.2 Å². The molecule has 9 nitrogen and oxygen atoms in total. The maximum atomic E-state index is 13.3. The summed E-state index contributed by atoms with van der Waals surface area (Å²) in [4.78, 5) is 44.6. The van der Waals surface area contributed by atoms with Gasteiger partial charge in [0.15, 0.2) is 0 Å². The van der Waals surface area contributed by atoms with Gasteiger partial charge >= 0.3 is 18.0 Å². The van der Waals surface area contributed by atoms with E-state index in [4.69, 9.17) is 4.74 Å². The van der Waals surface area contributed by atoms with E-state index in [-0.39, 0.29) is 30.8 Å². The van der Waals surface area contributed by atoms with Crippen LogP contribution in [0.3, 0.4) is 0 Å². The third-order valence-electron chi connectivity index (χ3n) is 6.17. The summed E-state index contributed by atoms with van der Waals surface area (Å²) in [5.74, 6) is -0.449. The van der Waals surface area contributed by atoms with Crippen LogP contribution in [0, 0.1) is 6.92 Å². The number of aryl methyl sites for hydroxylation is 1. The third-order valence-corrected chi connectivity index (χ3v) is 6.17. The molecule has 3 rings (SSSR count). The lowest BCUT2D eigenvalue weighted by atomic mass is 9.93. The molecule has 196 valence electrons. The van der Waals surface area contributed by atoms with E-state index < -0.39 is 12.0 Å². The second-order valence-corrected chi connectivity index (χ2v) is 10.2. The fraction of sp³-hybridized carbons (Fsp3) is 0.519. The van der Waals surface area contributed by atoms with Crippen LogP contribution in [-0.2, 0) is 9.53 Å². The van der Waals surface area contributed by atoms with Gasteiger partial charge in [-0.3, -0.25) is 9.80 Å². The molecule has 1 aromatic carbocycles. The SMILES string of the molecule is C=CCN1C(=O)NC(c2ccc(C)cc2)C(C(=O)OCC)=C1CN1CCN(C(=O)NC(C)(C)C)CC1. The highest BCUT2D eigenvalue weighted by Crippen LogP contribution is 2.32. The Balaban J connectivity index is 1.91. The van der Waals surface area contributed by atoms with Gasteiger partial charge in [0.1, 0.15) is 0 Å². The molecule has 2 aliphatic heterocycles. The van der Waals surface area contributed by atoms with Gasteiger partial charge < -0.3 is 20.3 Å². The van der Waals surface area contributed by atoms with Crippen molar-refractivity contribution in [3.8, 4) is 0 Å². The lowest BCUT2D eigenvalue weighted by molar-refractivity contribution is -0.139. The van der Waals surface area contributed by atoms with Gasteiger partial charge in [-0.25, -0.2) is 14.4 Å². The van der Waals surface area contributed by atoms with Gasteiger partial charge in [-0.2, -0.15) is 0 Å². The minimum atomic E-state index is -0.618. The van der Waals surface area contributed by atoms with Gasteiger partial charge in [0.05, 0.1) is 18.2 Å². The first-order chi connectivity index (χ1) is 17.0. The Morgan fingerprint density at radius 1 is 1.17 bits per heavy atom. The van der Waals surface area contributed by atoms with Crippen molar-refractivity contribution in [3.63, 3.8) is 0 Å². The Kier molecular flexibility index (Phi) is 8.79. The number of rotatable bonds is 7. The van der Waals surface area contributed by atoms with E-state index in [0.29, 0.717) is 44.0 Å². The zero-order valence-electron chi connectivity index (χ0n) is 22.1. The number of esters is 1. The van der Waals surface area contributed by atoms with Crippen LogP contribution in [0.5, 0.6) is 0 Å². The maximum absolute atomic E-state index is 13.3. The monoisotopic (exact) mass is 497 g/mol. The predicted molar refractivity (Wildman–Crippen MR) is 139 cm³/mol. The molecular formula is C27H39N5O4. The Morgan fingerprint density at radius 3 is 2.36 bits per heavy atom. The summed E-state index contributed by atoms with van der Waals surface area (Å²) in [6.45, 7) is 16.6. The molecule has 1 unspecified atom stereocenters. The van der Waals surface area contributed by atoms with Crippen LogP contribution in [0.4, 0.5) is 9.59 Å². The number of carbonyl (C=O) groups is 3. The molecule has 1 fully saturated rings. The first kappa shape index (κ1) is 27.3. The van der Waals surface area contributed by atoms with E-state index in [1.165, 1.54) is 0 Å². The third kappa shape index (κ3) is 6.66. The fourth-order valence-corrected chi connectivity index (χ4v) is 4.38. The smallest absolute Gasteiger partial charge is 0.338 e. The standard InChI is InChI=1S/C27H39N5O4/c1-7-13-32-21(18-30-14-16-31(17-15-30)26(35)29-27(4,5)6)22(24(33)36-8-2)23(28-25(32)34)20-11-9-19(3)10-12-20/h7,9-12,23H,1,8,13-18H2,2-6H3,(H,28,34)(H,29,35). The van der Waals surface area contributed by atoms with Crippen LogP contribution in [0.25, 0.3) is 0 Å². The Hall–Kier alpha value is -3.33. The number of nitrogens with zero attached hydrogens (tertiary/aromatic N) is 3. The summed E-state index contributed by atoms with van der Waals surface area (Å²) in [6.07, 6.45) is 1.64. The van der Waals surface area contributed by atoms with Crippen molar-refractivity contribution in [2.45, 2.75) is 46.2 Å². The highest BCUT2D eigenvalue weighted by molar-refractivity contribution is 5.95. The van der Waals surface area contributed by atoms with Crippen LogP contribution in [0.2, 0.25) is 0 Å². The number of urea groups is 2. The second kappa shape index (κ2) is 11.6. The summed E-state index contributed by atoms with van der Waals surface area (Å²) in [7, 11) is 0. The molecule has 0 aromatic heterocycles. The molecule has 0 radical (unpaired) electrons. The van der Waals surface area contributed by atoms with E-state index >= 15 is 0 Å². The van der Waals surface area contributed by atoms with Gasteiger partial charge in [-0.1, -0.05) is 35.9 Å². The first-order valence-electron chi connectivity index (χ1n) is 12.5. The van der Waals surface area contributed by atoms with Crippen molar-refractivity contribution in [1.82, 2.24) is 25.3 Å². The molecule has 2 aliphatic rings. The molecule has 36 heavy (non-hydrogen) atoms. The van der Waals surface area contributed by atoms with Gasteiger partial charge in [0.25, 0.3) is 0 Å². The van der Waals surface area contributed by atoms with Crippen LogP contribution in [0.15, 0.2) is 48.2 Å². The van der Waals surface area contributed by atoms with Crippen molar-refractivity contribution in [1.29, 1.82) is 0 Å². The van der Waals surface area contributed by atoms with Crippen molar-refractivity contribution >= 4 is 18.0 Å². The van der Waals surface area contributed by atoms with Crippen molar-refractivity contribution < 1.29 is 19.1 Å². The molecule has 0 aliphatic carbocycles. The van der Waals surface area contributed by atoms with E-state index in [1.54, 1.807) is 22.8 Å². The Bertz CT molecular complexity index is 1000.